The molecule has 0 saturated heterocycles. The maximum Gasteiger partial charge on any atom is 0.435 e. The van der Waals surface area contributed by atoms with Crippen molar-refractivity contribution in [1.29, 1.82) is 0 Å². The van der Waals surface area contributed by atoms with Crippen molar-refractivity contribution >= 4 is 28.9 Å². The van der Waals surface area contributed by atoms with Crippen molar-refractivity contribution in [2.24, 2.45) is 5.16 Å². The highest BCUT2D eigenvalue weighted by molar-refractivity contribution is 6.30. The Labute approximate surface area is 181 Å². The van der Waals surface area contributed by atoms with Gasteiger partial charge < -0.3 is 10.2 Å². The molecule has 0 aromatic heterocycles. The van der Waals surface area contributed by atoms with Gasteiger partial charge in [-0.1, -0.05) is 59.2 Å². The van der Waals surface area contributed by atoms with E-state index in [9.17, 15) is 18.0 Å². The molecule has 8 heteroatoms. The van der Waals surface area contributed by atoms with Gasteiger partial charge in [0, 0.05) is 33.8 Å². The van der Waals surface area contributed by atoms with Crippen molar-refractivity contribution in [2.45, 2.75) is 18.2 Å². The van der Waals surface area contributed by atoms with E-state index >= 15 is 0 Å². The summed E-state index contributed by atoms with van der Waals surface area (Å²) in [7, 11) is 0. The summed E-state index contributed by atoms with van der Waals surface area (Å²) < 4.78 is 42.2. The van der Waals surface area contributed by atoms with Gasteiger partial charge >= 0.3 is 6.18 Å². The van der Waals surface area contributed by atoms with Crippen LogP contribution in [0.5, 0.6) is 0 Å². The van der Waals surface area contributed by atoms with Gasteiger partial charge in [-0.15, -0.1) is 0 Å². The van der Waals surface area contributed by atoms with Crippen molar-refractivity contribution in [3.05, 3.63) is 101 Å². The van der Waals surface area contributed by atoms with E-state index in [-0.39, 0.29) is 22.2 Å². The fourth-order valence-corrected chi connectivity index (χ4v) is 3.56. The molecule has 1 amide bonds. The van der Waals surface area contributed by atoms with E-state index in [0.717, 1.165) is 0 Å². The highest BCUT2D eigenvalue weighted by Gasteiger charge is 2.62. The number of halogens is 4. The molecule has 3 aromatic rings. The number of carbonyl (C=O) groups excluding carboxylic acids is 1. The van der Waals surface area contributed by atoms with Crippen molar-refractivity contribution in [3.8, 4) is 0 Å². The number of rotatable bonds is 4. The minimum absolute atomic E-state index is 0.119. The van der Waals surface area contributed by atoms with Crippen LogP contribution in [0.2, 0.25) is 5.02 Å². The van der Waals surface area contributed by atoms with E-state index in [1.165, 1.54) is 24.3 Å². The molecule has 1 N–H and O–H groups in total. The van der Waals surface area contributed by atoms with E-state index in [2.05, 4.69) is 10.5 Å². The largest absolute Gasteiger partial charge is 0.435 e. The van der Waals surface area contributed by atoms with Crippen molar-refractivity contribution in [3.63, 3.8) is 0 Å². The van der Waals surface area contributed by atoms with Crippen LogP contribution in [0, 0.1) is 0 Å². The number of amides is 1. The lowest BCUT2D eigenvalue weighted by Gasteiger charge is -2.29. The van der Waals surface area contributed by atoms with Crippen molar-refractivity contribution < 1.29 is 22.8 Å². The first-order chi connectivity index (χ1) is 14.8. The molecular weight excluding hydrogens is 429 g/mol. The third-order valence-electron chi connectivity index (χ3n) is 4.97. The number of anilines is 1. The smallest absolute Gasteiger partial charge is 0.374 e. The van der Waals surface area contributed by atoms with Gasteiger partial charge in [-0.05, 0) is 36.4 Å². The lowest BCUT2D eigenvalue weighted by Crippen LogP contribution is -2.42. The molecule has 0 radical (unpaired) electrons. The van der Waals surface area contributed by atoms with E-state index < -0.39 is 18.2 Å². The highest BCUT2D eigenvalue weighted by Crippen LogP contribution is 2.49. The van der Waals surface area contributed by atoms with Gasteiger partial charge in [0.05, 0.1) is 5.71 Å². The van der Waals surface area contributed by atoms with Crippen LogP contribution in [0.1, 0.15) is 27.9 Å². The Kier molecular flexibility index (Phi) is 5.45. The maximum absolute atomic E-state index is 14.1. The molecule has 0 saturated carbocycles. The third kappa shape index (κ3) is 4.14. The molecule has 1 unspecified atom stereocenters. The van der Waals surface area contributed by atoms with E-state index in [0.29, 0.717) is 16.8 Å². The average molecular weight is 445 g/mol. The predicted molar refractivity (Wildman–Crippen MR) is 112 cm³/mol. The topological polar surface area (TPSA) is 50.7 Å². The number of nitrogens with zero attached hydrogens (tertiary/aromatic N) is 1. The van der Waals surface area contributed by atoms with Crippen LogP contribution < -0.4 is 5.32 Å². The summed E-state index contributed by atoms with van der Waals surface area (Å²) in [6.07, 6.45) is -5.24. The minimum atomic E-state index is -4.72. The first kappa shape index (κ1) is 20.9. The summed E-state index contributed by atoms with van der Waals surface area (Å²) in [5, 5.41) is 6.66. The van der Waals surface area contributed by atoms with Gasteiger partial charge in [0.25, 0.3) is 11.5 Å². The Morgan fingerprint density at radius 1 is 1.00 bits per heavy atom. The first-order valence-electron chi connectivity index (χ1n) is 9.33. The van der Waals surface area contributed by atoms with Gasteiger partial charge in [-0.2, -0.15) is 13.2 Å². The molecule has 31 heavy (non-hydrogen) atoms. The molecule has 158 valence electrons. The van der Waals surface area contributed by atoms with Gasteiger partial charge in [0.2, 0.25) is 0 Å². The Bertz CT molecular complexity index is 1150. The number of hydrogen-bond donors (Lipinski definition) is 1. The van der Waals surface area contributed by atoms with E-state index in [1.807, 2.05) is 0 Å². The lowest BCUT2D eigenvalue weighted by molar-refractivity contribution is -0.275. The summed E-state index contributed by atoms with van der Waals surface area (Å²) in [4.78, 5) is 17.4. The SMILES string of the molecule is O=C(Nc1cccc(C2=NOC(c3cccc(Cl)c3)(C(F)(F)F)C2)c1)c1ccccc1. The molecule has 0 bridgehead atoms. The predicted octanol–water partition coefficient (Wildman–Crippen LogP) is 6.17. The molecule has 4 nitrogen and oxygen atoms in total. The molecule has 0 spiro atoms. The van der Waals surface area contributed by atoms with Gasteiger partial charge in [-0.3, -0.25) is 4.79 Å². The van der Waals surface area contributed by atoms with Crippen molar-refractivity contribution in [2.75, 3.05) is 5.32 Å². The van der Waals surface area contributed by atoms with E-state index in [4.69, 9.17) is 16.4 Å². The molecule has 1 atom stereocenters. The van der Waals surface area contributed by atoms with Crippen LogP contribution in [0.15, 0.2) is 84.0 Å². The molecule has 1 aliphatic rings. The van der Waals surface area contributed by atoms with Crippen LogP contribution in [0.4, 0.5) is 18.9 Å². The Balaban J connectivity index is 1.60. The maximum atomic E-state index is 14.1. The second-order valence-corrected chi connectivity index (χ2v) is 7.48. The van der Waals surface area contributed by atoms with Crippen LogP contribution in [0.25, 0.3) is 0 Å². The van der Waals surface area contributed by atoms with Crippen LogP contribution in [0.3, 0.4) is 0 Å². The fourth-order valence-electron chi connectivity index (χ4n) is 3.37. The Morgan fingerprint density at radius 2 is 1.74 bits per heavy atom. The highest BCUT2D eigenvalue weighted by atomic mass is 35.5. The molecule has 3 aromatic carbocycles. The molecule has 4 rings (SSSR count). The van der Waals surface area contributed by atoms with Crippen LogP contribution in [-0.2, 0) is 10.4 Å². The minimum Gasteiger partial charge on any atom is -0.374 e. The number of carbonyl (C=O) groups is 1. The quantitative estimate of drug-likeness (QED) is 0.522. The van der Waals surface area contributed by atoms with E-state index in [1.54, 1.807) is 54.6 Å². The zero-order valence-electron chi connectivity index (χ0n) is 16.0. The summed E-state index contributed by atoms with van der Waals surface area (Å²) in [6, 6.07) is 20.5. The third-order valence-corrected chi connectivity index (χ3v) is 5.20. The summed E-state index contributed by atoms with van der Waals surface area (Å²) >= 11 is 5.91. The molecule has 1 heterocycles. The number of benzene rings is 3. The van der Waals surface area contributed by atoms with Crippen LogP contribution >= 0.6 is 11.6 Å². The Hall–Kier alpha value is -3.32. The zero-order chi connectivity index (χ0) is 22.1. The number of oxime groups is 1. The first-order valence-corrected chi connectivity index (χ1v) is 9.71. The van der Waals surface area contributed by atoms with Gasteiger partial charge in [0.1, 0.15) is 0 Å². The zero-order valence-corrected chi connectivity index (χ0v) is 16.7. The number of alkyl halides is 3. The van der Waals surface area contributed by atoms with Gasteiger partial charge in [-0.25, -0.2) is 0 Å². The second kappa shape index (κ2) is 8.07. The molecule has 1 aliphatic heterocycles. The standard InChI is InChI=1S/C23H16ClF3N2O2/c24-18-10-5-9-17(13-18)22(23(25,26)27)14-20(29-31-22)16-8-4-11-19(12-16)28-21(30)15-6-2-1-3-7-15/h1-13H,14H2,(H,28,30). The molecule has 0 fully saturated rings. The van der Waals surface area contributed by atoms with Crippen LogP contribution in [-0.4, -0.2) is 17.8 Å². The Morgan fingerprint density at radius 3 is 2.45 bits per heavy atom. The number of hydrogen-bond acceptors (Lipinski definition) is 3. The average Bonchev–Trinajstić information content (AvgIpc) is 3.22. The monoisotopic (exact) mass is 444 g/mol. The fraction of sp³-hybridized carbons (Fsp3) is 0.130. The summed E-state index contributed by atoms with van der Waals surface area (Å²) in [5.74, 6) is -0.328. The summed E-state index contributed by atoms with van der Waals surface area (Å²) in [5.41, 5.74) is -1.32. The second-order valence-electron chi connectivity index (χ2n) is 7.04. The van der Waals surface area contributed by atoms with Gasteiger partial charge in [0.15, 0.2) is 0 Å². The summed E-state index contributed by atoms with van der Waals surface area (Å²) in [6.45, 7) is 0. The normalized spacial score (nSPS) is 18.3. The lowest BCUT2D eigenvalue weighted by atomic mass is 9.86. The van der Waals surface area contributed by atoms with Crippen molar-refractivity contribution in [1.82, 2.24) is 0 Å². The molecular formula is C23H16ClF3N2O2. The molecule has 0 aliphatic carbocycles. The number of nitrogens with one attached hydrogen (secondary N) is 1.